The van der Waals surface area contributed by atoms with E-state index in [0.29, 0.717) is 12.1 Å². The van der Waals surface area contributed by atoms with E-state index >= 15 is 0 Å². The van der Waals surface area contributed by atoms with Crippen LogP contribution in [0.2, 0.25) is 0 Å². The first-order chi connectivity index (χ1) is 8.19. The van der Waals surface area contributed by atoms with Crippen molar-refractivity contribution in [3.8, 4) is 0 Å². The van der Waals surface area contributed by atoms with Gasteiger partial charge >= 0.3 is 0 Å². The molecule has 0 aromatic heterocycles. The van der Waals surface area contributed by atoms with Gasteiger partial charge in [-0.25, -0.2) is 0 Å². The van der Waals surface area contributed by atoms with Crippen molar-refractivity contribution in [1.29, 1.82) is 0 Å². The van der Waals surface area contributed by atoms with Crippen LogP contribution < -0.4 is 5.32 Å². The van der Waals surface area contributed by atoms with Crippen LogP contribution in [0.25, 0.3) is 0 Å². The molecule has 3 unspecified atom stereocenters. The van der Waals surface area contributed by atoms with E-state index < -0.39 is 0 Å². The van der Waals surface area contributed by atoms with E-state index in [-0.39, 0.29) is 0 Å². The van der Waals surface area contributed by atoms with E-state index in [1.54, 1.807) is 0 Å². The van der Waals surface area contributed by atoms with E-state index in [1.165, 1.54) is 19.5 Å². The highest BCUT2D eigenvalue weighted by Gasteiger charge is 2.27. The van der Waals surface area contributed by atoms with Crippen LogP contribution in [0.4, 0.5) is 0 Å². The summed E-state index contributed by atoms with van der Waals surface area (Å²) in [7, 11) is 4.27. The zero-order valence-electron chi connectivity index (χ0n) is 11.5. The summed E-state index contributed by atoms with van der Waals surface area (Å²) in [4.78, 5) is 4.94. The normalized spacial score (nSPS) is 37.2. The van der Waals surface area contributed by atoms with Crippen LogP contribution in [-0.4, -0.2) is 75.4 Å². The predicted molar refractivity (Wildman–Crippen MR) is 70.3 cm³/mol. The van der Waals surface area contributed by atoms with Crippen molar-refractivity contribution in [3.63, 3.8) is 0 Å². The predicted octanol–water partition coefficient (Wildman–Crippen LogP) is 0.247. The molecule has 0 aromatic rings. The largest absolute Gasteiger partial charge is 0.374 e. The average Bonchev–Trinajstić information content (AvgIpc) is 2.29. The molecule has 2 aliphatic rings. The number of ether oxygens (including phenoxy) is 1. The van der Waals surface area contributed by atoms with Gasteiger partial charge in [-0.05, 0) is 33.0 Å². The molecule has 100 valence electrons. The van der Waals surface area contributed by atoms with E-state index in [2.05, 4.69) is 36.1 Å². The van der Waals surface area contributed by atoms with E-state index in [1.807, 2.05) is 0 Å². The highest BCUT2D eigenvalue weighted by molar-refractivity contribution is 4.84. The number of morpholine rings is 1. The molecule has 0 bridgehead atoms. The molecular weight excluding hydrogens is 214 g/mol. The lowest BCUT2D eigenvalue weighted by Gasteiger charge is -2.40. The first-order valence-corrected chi connectivity index (χ1v) is 6.89. The quantitative estimate of drug-likeness (QED) is 0.766. The van der Waals surface area contributed by atoms with Crippen molar-refractivity contribution in [2.75, 3.05) is 53.4 Å². The molecule has 17 heavy (non-hydrogen) atoms. The summed E-state index contributed by atoms with van der Waals surface area (Å²) in [5.41, 5.74) is 0. The standard InChI is InChI=1S/C13H27N3O/c1-11-8-16(5-4-13(11)14-2)10-12-9-15(3)6-7-17-12/h11-14H,4-10H2,1-3H3. The van der Waals surface area contributed by atoms with Gasteiger partial charge in [0.1, 0.15) is 0 Å². The minimum absolute atomic E-state index is 0.409. The first kappa shape index (κ1) is 13.3. The molecular formula is C13H27N3O. The number of piperidine rings is 1. The van der Waals surface area contributed by atoms with Gasteiger partial charge in [-0.2, -0.15) is 0 Å². The van der Waals surface area contributed by atoms with Crippen molar-refractivity contribution in [3.05, 3.63) is 0 Å². The zero-order valence-corrected chi connectivity index (χ0v) is 11.5. The Bertz CT molecular complexity index is 237. The van der Waals surface area contributed by atoms with Crippen molar-refractivity contribution < 1.29 is 4.74 Å². The Balaban J connectivity index is 1.76. The second kappa shape index (κ2) is 6.14. The van der Waals surface area contributed by atoms with Gasteiger partial charge in [0, 0.05) is 32.2 Å². The molecule has 2 saturated heterocycles. The fourth-order valence-electron chi connectivity index (χ4n) is 3.09. The summed E-state index contributed by atoms with van der Waals surface area (Å²) in [5, 5.41) is 3.42. The fourth-order valence-corrected chi connectivity index (χ4v) is 3.09. The maximum absolute atomic E-state index is 5.84. The minimum atomic E-state index is 0.409. The zero-order chi connectivity index (χ0) is 12.3. The Hall–Kier alpha value is -0.160. The molecule has 0 spiro atoms. The monoisotopic (exact) mass is 241 g/mol. The second-order valence-electron chi connectivity index (χ2n) is 5.68. The summed E-state index contributed by atoms with van der Waals surface area (Å²) in [6.45, 7) is 8.92. The molecule has 4 heteroatoms. The third kappa shape index (κ3) is 3.65. The van der Waals surface area contributed by atoms with Crippen LogP contribution in [-0.2, 0) is 4.74 Å². The summed E-state index contributed by atoms with van der Waals surface area (Å²) in [5.74, 6) is 0.745. The summed E-state index contributed by atoms with van der Waals surface area (Å²) >= 11 is 0. The molecule has 0 aromatic carbocycles. The molecule has 2 aliphatic heterocycles. The third-order valence-corrected chi connectivity index (χ3v) is 4.16. The van der Waals surface area contributed by atoms with Gasteiger partial charge in [0.15, 0.2) is 0 Å². The number of likely N-dealkylation sites (tertiary alicyclic amines) is 1. The van der Waals surface area contributed by atoms with Gasteiger partial charge < -0.3 is 19.9 Å². The molecule has 3 atom stereocenters. The fraction of sp³-hybridized carbons (Fsp3) is 1.00. The average molecular weight is 241 g/mol. The van der Waals surface area contributed by atoms with Crippen LogP contribution in [0.3, 0.4) is 0 Å². The Kier molecular flexibility index (Phi) is 4.79. The number of hydrogen-bond acceptors (Lipinski definition) is 4. The maximum atomic E-state index is 5.84. The lowest BCUT2D eigenvalue weighted by molar-refractivity contribution is -0.0413. The topological polar surface area (TPSA) is 27.7 Å². The van der Waals surface area contributed by atoms with Gasteiger partial charge in [-0.3, -0.25) is 0 Å². The van der Waals surface area contributed by atoms with Gasteiger partial charge in [0.2, 0.25) is 0 Å². The van der Waals surface area contributed by atoms with Crippen LogP contribution in [0.5, 0.6) is 0 Å². The van der Waals surface area contributed by atoms with Gasteiger partial charge in [-0.1, -0.05) is 6.92 Å². The van der Waals surface area contributed by atoms with Crippen LogP contribution in [0, 0.1) is 5.92 Å². The molecule has 0 saturated carbocycles. The number of likely N-dealkylation sites (N-methyl/N-ethyl adjacent to an activating group) is 1. The van der Waals surface area contributed by atoms with Crippen LogP contribution in [0.15, 0.2) is 0 Å². The summed E-state index contributed by atoms with van der Waals surface area (Å²) < 4.78 is 5.84. The highest BCUT2D eigenvalue weighted by atomic mass is 16.5. The highest BCUT2D eigenvalue weighted by Crippen LogP contribution is 2.17. The third-order valence-electron chi connectivity index (χ3n) is 4.16. The SMILES string of the molecule is CNC1CCN(CC2CN(C)CCO2)CC1C. The number of hydrogen-bond donors (Lipinski definition) is 1. The Morgan fingerprint density at radius 2 is 2.12 bits per heavy atom. The molecule has 1 N–H and O–H groups in total. The van der Waals surface area contributed by atoms with Crippen molar-refractivity contribution in [1.82, 2.24) is 15.1 Å². The molecule has 0 radical (unpaired) electrons. The van der Waals surface area contributed by atoms with Crippen molar-refractivity contribution in [2.45, 2.75) is 25.5 Å². The smallest absolute Gasteiger partial charge is 0.0829 e. The summed E-state index contributed by atoms with van der Waals surface area (Å²) in [6, 6.07) is 0.696. The van der Waals surface area contributed by atoms with E-state index in [0.717, 1.165) is 32.2 Å². The first-order valence-electron chi connectivity index (χ1n) is 6.89. The number of nitrogens with one attached hydrogen (secondary N) is 1. The molecule has 0 amide bonds. The van der Waals surface area contributed by atoms with E-state index in [9.17, 15) is 0 Å². The molecule has 2 fully saturated rings. The minimum Gasteiger partial charge on any atom is -0.374 e. The van der Waals surface area contributed by atoms with Crippen LogP contribution in [0.1, 0.15) is 13.3 Å². The second-order valence-corrected chi connectivity index (χ2v) is 5.68. The Labute approximate surface area is 105 Å². The lowest BCUT2D eigenvalue weighted by atomic mass is 9.94. The molecule has 2 rings (SSSR count). The summed E-state index contributed by atoms with van der Waals surface area (Å²) in [6.07, 6.45) is 1.67. The van der Waals surface area contributed by atoms with Gasteiger partial charge in [-0.15, -0.1) is 0 Å². The maximum Gasteiger partial charge on any atom is 0.0829 e. The number of rotatable bonds is 3. The lowest BCUT2D eigenvalue weighted by Crippen LogP contribution is -2.52. The van der Waals surface area contributed by atoms with Crippen molar-refractivity contribution in [2.24, 2.45) is 5.92 Å². The van der Waals surface area contributed by atoms with Crippen LogP contribution >= 0.6 is 0 Å². The molecule has 0 aliphatic carbocycles. The Morgan fingerprint density at radius 1 is 1.29 bits per heavy atom. The van der Waals surface area contributed by atoms with Gasteiger partial charge in [0.05, 0.1) is 12.7 Å². The Morgan fingerprint density at radius 3 is 2.76 bits per heavy atom. The number of nitrogens with zero attached hydrogens (tertiary/aromatic N) is 2. The molecule has 4 nitrogen and oxygen atoms in total. The van der Waals surface area contributed by atoms with Crippen molar-refractivity contribution >= 4 is 0 Å². The van der Waals surface area contributed by atoms with E-state index in [4.69, 9.17) is 4.74 Å². The molecule has 2 heterocycles. The van der Waals surface area contributed by atoms with Gasteiger partial charge in [0.25, 0.3) is 0 Å².